The van der Waals surface area contributed by atoms with Crippen LogP contribution in [0.1, 0.15) is 55.4 Å². The highest BCUT2D eigenvalue weighted by molar-refractivity contribution is 5.87. The summed E-state index contributed by atoms with van der Waals surface area (Å²) in [7, 11) is 0. The normalized spacial score (nSPS) is 11.9. The van der Waals surface area contributed by atoms with Gasteiger partial charge >= 0.3 is 0 Å². The van der Waals surface area contributed by atoms with Crippen LogP contribution in [0.25, 0.3) is 0 Å². The van der Waals surface area contributed by atoms with Crippen molar-refractivity contribution in [3.63, 3.8) is 0 Å². The van der Waals surface area contributed by atoms with E-state index in [1.54, 1.807) is 4.90 Å². The van der Waals surface area contributed by atoms with E-state index in [0.717, 1.165) is 22.3 Å². The van der Waals surface area contributed by atoms with Crippen LogP contribution in [0.15, 0.2) is 84.9 Å². The van der Waals surface area contributed by atoms with Gasteiger partial charge in [-0.25, -0.2) is 0 Å². The quantitative estimate of drug-likeness (QED) is 0.425. The summed E-state index contributed by atoms with van der Waals surface area (Å²) in [5, 5.41) is 3.00. The van der Waals surface area contributed by atoms with Gasteiger partial charge in [0.25, 0.3) is 0 Å². The van der Waals surface area contributed by atoms with Crippen molar-refractivity contribution >= 4 is 11.8 Å². The van der Waals surface area contributed by atoms with Crippen LogP contribution in [0.5, 0.6) is 0 Å². The second-order valence-electron chi connectivity index (χ2n) is 9.40. The molecule has 0 fully saturated rings. The molecule has 0 aliphatic carbocycles. The Balaban J connectivity index is 1.89. The Labute approximate surface area is 204 Å². The van der Waals surface area contributed by atoms with E-state index in [1.165, 1.54) is 0 Å². The lowest BCUT2D eigenvalue weighted by Crippen LogP contribution is -2.48. The molecular weight excluding hydrogens is 420 g/mol. The molecule has 0 aliphatic heterocycles. The van der Waals surface area contributed by atoms with Crippen molar-refractivity contribution in [2.75, 3.05) is 6.54 Å². The van der Waals surface area contributed by atoms with E-state index in [-0.39, 0.29) is 17.7 Å². The summed E-state index contributed by atoms with van der Waals surface area (Å²) in [5.74, 6) is 0.107. The molecule has 0 bridgehead atoms. The average molecular weight is 457 g/mol. The van der Waals surface area contributed by atoms with E-state index >= 15 is 0 Å². The van der Waals surface area contributed by atoms with Gasteiger partial charge in [0.05, 0.1) is 0 Å². The number of benzene rings is 3. The number of amides is 2. The fraction of sp³-hybridized carbons (Fsp3) is 0.333. The molecule has 0 radical (unpaired) electrons. The highest BCUT2D eigenvalue weighted by atomic mass is 16.2. The van der Waals surface area contributed by atoms with Gasteiger partial charge < -0.3 is 10.2 Å². The maximum absolute atomic E-state index is 13.8. The Bertz CT molecular complexity index is 1020. The van der Waals surface area contributed by atoms with Gasteiger partial charge in [-0.05, 0) is 36.5 Å². The zero-order valence-electron chi connectivity index (χ0n) is 20.7. The van der Waals surface area contributed by atoms with E-state index in [4.69, 9.17) is 0 Å². The van der Waals surface area contributed by atoms with Crippen molar-refractivity contribution in [2.45, 2.75) is 52.6 Å². The lowest BCUT2D eigenvalue weighted by molar-refractivity contribution is -0.140. The molecule has 0 saturated carbocycles. The highest BCUT2D eigenvalue weighted by Crippen LogP contribution is 2.29. The molecule has 3 aromatic carbocycles. The smallest absolute Gasteiger partial charge is 0.242 e. The molecular formula is C30H36N2O2. The molecule has 0 spiro atoms. The maximum atomic E-state index is 13.8. The average Bonchev–Trinajstić information content (AvgIpc) is 2.85. The second-order valence-corrected chi connectivity index (χ2v) is 9.40. The molecule has 0 aliphatic rings. The number of carbonyl (C=O) groups excluding carboxylic acids is 2. The van der Waals surface area contributed by atoms with Crippen molar-refractivity contribution in [1.82, 2.24) is 10.2 Å². The second kappa shape index (κ2) is 12.2. The van der Waals surface area contributed by atoms with Crippen LogP contribution in [0.4, 0.5) is 0 Å². The Morgan fingerprint density at radius 3 is 1.94 bits per heavy atom. The van der Waals surface area contributed by atoms with Gasteiger partial charge in [-0.1, -0.05) is 104 Å². The van der Waals surface area contributed by atoms with E-state index < -0.39 is 6.04 Å². The first-order valence-electron chi connectivity index (χ1n) is 12.1. The maximum Gasteiger partial charge on any atom is 0.242 e. The van der Waals surface area contributed by atoms with Crippen LogP contribution in [0.2, 0.25) is 0 Å². The van der Waals surface area contributed by atoms with Gasteiger partial charge in [0.15, 0.2) is 0 Å². The number of nitrogens with one attached hydrogen (secondary N) is 1. The summed E-state index contributed by atoms with van der Waals surface area (Å²) in [6.45, 7) is 8.97. The number of carbonyl (C=O) groups is 2. The fourth-order valence-corrected chi connectivity index (χ4v) is 4.13. The molecule has 1 N–H and O–H groups in total. The Hall–Kier alpha value is -3.40. The molecule has 1 unspecified atom stereocenters. The minimum atomic E-state index is -0.570. The van der Waals surface area contributed by atoms with Crippen molar-refractivity contribution in [3.8, 4) is 0 Å². The third kappa shape index (κ3) is 7.05. The van der Waals surface area contributed by atoms with E-state index in [0.29, 0.717) is 25.4 Å². The molecule has 4 nitrogen and oxygen atoms in total. The van der Waals surface area contributed by atoms with Crippen molar-refractivity contribution < 1.29 is 9.59 Å². The summed E-state index contributed by atoms with van der Waals surface area (Å²) >= 11 is 0. The molecule has 3 rings (SSSR count). The number of hydrogen-bond donors (Lipinski definition) is 1. The SMILES string of the molecule is Cc1cccc(CN(C(=O)CC(c2ccccc2)c2ccccc2)C(C)C(=O)NCC(C)C)c1. The predicted octanol–water partition coefficient (Wildman–Crippen LogP) is 5.71. The Morgan fingerprint density at radius 2 is 1.41 bits per heavy atom. The number of rotatable bonds is 10. The molecule has 3 aromatic rings. The van der Waals surface area contributed by atoms with Crippen molar-refractivity contribution in [3.05, 3.63) is 107 Å². The minimum absolute atomic E-state index is 0.0357. The van der Waals surface area contributed by atoms with Crippen LogP contribution in [-0.2, 0) is 16.1 Å². The number of hydrogen-bond acceptors (Lipinski definition) is 2. The van der Waals surface area contributed by atoms with Gasteiger partial charge in [0.2, 0.25) is 11.8 Å². The zero-order chi connectivity index (χ0) is 24.5. The summed E-state index contributed by atoms with van der Waals surface area (Å²) < 4.78 is 0. The van der Waals surface area contributed by atoms with Gasteiger partial charge in [0, 0.05) is 25.4 Å². The molecule has 0 saturated heterocycles. The Kier molecular flexibility index (Phi) is 9.03. The number of nitrogens with zero attached hydrogens (tertiary/aromatic N) is 1. The van der Waals surface area contributed by atoms with Crippen LogP contribution in [0.3, 0.4) is 0 Å². The van der Waals surface area contributed by atoms with E-state index in [1.807, 2.05) is 68.4 Å². The summed E-state index contributed by atoms with van der Waals surface area (Å²) in [4.78, 5) is 28.5. The molecule has 34 heavy (non-hydrogen) atoms. The standard InChI is InChI=1S/C30H36N2O2/c1-22(2)20-31-30(34)24(4)32(21-25-13-11-12-23(3)18-25)29(33)19-28(26-14-7-5-8-15-26)27-16-9-6-10-17-27/h5-18,22,24,28H,19-21H2,1-4H3,(H,31,34). The first kappa shape index (κ1) is 25.2. The molecule has 1 atom stereocenters. The van der Waals surface area contributed by atoms with Crippen LogP contribution in [0, 0.1) is 12.8 Å². The van der Waals surface area contributed by atoms with Gasteiger partial charge in [-0.3, -0.25) is 9.59 Å². The third-order valence-electron chi connectivity index (χ3n) is 6.07. The number of aryl methyl sites for hydroxylation is 1. The topological polar surface area (TPSA) is 49.4 Å². The summed E-state index contributed by atoms with van der Waals surface area (Å²) in [6, 6.07) is 27.8. The first-order valence-corrected chi connectivity index (χ1v) is 12.1. The van der Waals surface area contributed by atoms with E-state index in [9.17, 15) is 9.59 Å². The first-order chi connectivity index (χ1) is 16.3. The monoisotopic (exact) mass is 456 g/mol. The molecule has 0 heterocycles. The summed E-state index contributed by atoms with van der Waals surface area (Å²) in [5.41, 5.74) is 4.34. The van der Waals surface area contributed by atoms with E-state index in [2.05, 4.69) is 49.5 Å². The van der Waals surface area contributed by atoms with Gasteiger partial charge in [0.1, 0.15) is 6.04 Å². The largest absolute Gasteiger partial charge is 0.354 e. The van der Waals surface area contributed by atoms with Crippen LogP contribution < -0.4 is 5.32 Å². The zero-order valence-corrected chi connectivity index (χ0v) is 20.7. The lowest BCUT2D eigenvalue weighted by atomic mass is 9.88. The molecule has 0 aromatic heterocycles. The molecule has 178 valence electrons. The van der Waals surface area contributed by atoms with Crippen molar-refractivity contribution in [2.24, 2.45) is 5.92 Å². The van der Waals surface area contributed by atoms with Crippen LogP contribution >= 0.6 is 0 Å². The molecule has 4 heteroatoms. The van der Waals surface area contributed by atoms with Gasteiger partial charge in [-0.15, -0.1) is 0 Å². The third-order valence-corrected chi connectivity index (χ3v) is 6.07. The highest BCUT2D eigenvalue weighted by Gasteiger charge is 2.29. The van der Waals surface area contributed by atoms with Crippen molar-refractivity contribution in [1.29, 1.82) is 0 Å². The lowest BCUT2D eigenvalue weighted by Gasteiger charge is -2.31. The minimum Gasteiger partial charge on any atom is -0.354 e. The van der Waals surface area contributed by atoms with Crippen LogP contribution in [-0.4, -0.2) is 29.3 Å². The molecule has 2 amide bonds. The fourth-order valence-electron chi connectivity index (χ4n) is 4.13. The predicted molar refractivity (Wildman–Crippen MR) is 138 cm³/mol. The Morgan fingerprint density at radius 1 is 0.824 bits per heavy atom. The van der Waals surface area contributed by atoms with Gasteiger partial charge in [-0.2, -0.15) is 0 Å². The summed E-state index contributed by atoms with van der Waals surface area (Å²) in [6.07, 6.45) is 0.293.